The second kappa shape index (κ2) is 4.49. The van der Waals surface area contributed by atoms with Crippen LogP contribution in [0.3, 0.4) is 0 Å². The lowest BCUT2D eigenvalue weighted by atomic mass is 10.2. The van der Waals surface area contributed by atoms with E-state index in [2.05, 4.69) is 4.74 Å². The number of carbonyl (C=O) groups excluding carboxylic acids is 1. The monoisotopic (exact) mass is 210 g/mol. The second-order valence-electron chi connectivity index (χ2n) is 2.47. The number of hydrogen-bond acceptors (Lipinski definition) is 4. The Labute approximate surface area is 85.8 Å². The smallest absolute Gasteiger partial charge is 0.339 e. The summed E-state index contributed by atoms with van der Waals surface area (Å²) in [7, 11) is 0. The van der Waals surface area contributed by atoms with Crippen LogP contribution in [0.4, 0.5) is 5.69 Å². The second-order valence-corrected chi connectivity index (χ2v) is 2.88. The normalized spacial score (nSPS) is 9.14. The van der Waals surface area contributed by atoms with Gasteiger partial charge in [-0.05, 0) is 18.2 Å². The van der Waals surface area contributed by atoms with E-state index >= 15 is 0 Å². The van der Waals surface area contributed by atoms with Crippen LogP contribution in [0.2, 0.25) is 5.02 Å². The molecule has 5 heteroatoms. The van der Waals surface area contributed by atoms with Crippen LogP contribution in [0, 0.1) is 11.3 Å². The first-order valence-electron chi connectivity index (χ1n) is 3.74. The van der Waals surface area contributed by atoms with Gasteiger partial charge in [0.1, 0.15) is 6.07 Å². The molecule has 0 bridgehead atoms. The van der Waals surface area contributed by atoms with Crippen LogP contribution in [0.5, 0.6) is 0 Å². The van der Waals surface area contributed by atoms with Crippen molar-refractivity contribution in [3.05, 3.63) is 28.8 Å². The van der Waals surface area contributed by atoms with Gasteiger partial charge in [-0.3, -0.25) is 0 Å². The van der Waals surface area contributed by atoms with Crippen LogP contribution in [-0.4, -0.2) is 12.6 Å². The summed E-state index contributed by atoms with van der Waals surface area (Å²) in [6, 6.07) is 6.09. The number of nitrogen functional groups attached to an aromatic ring is 1. The lowest BCUT2D eigenvalue weighted by Gasteiger charge is -2.02. The van der Waals surface area contributed by atoms with E-state index in [1.165, 1.54) is 18.2 Å². The van der Waals surface area contributed by atoms with Crippen molar-refractivity contribution in [3.63, 3.8) is 0 Å². The molecule has 0 saturated heterocycles. The number of nitrogens with two attached hydrogens (primary N) is 1. The zero-order valence-electron chi connectivity index (χ0n) is 7.16. The number of benzene rings is 1. The number of anilines is 1. The summed E-state index contributed by atoms with van der Waals surface area (Å²) in [5.41, 5.74) is 6.12. The van der Waals surface area contributed by atoms with Crippen LogP contribution in [0.25, 0.3) is 0 Å². The van der Waals surface area contributed by atoms with E-state index in [4.69, 9.17) is 22.6 Å². The SMILES string of the molecule is N#CCOC(=O)c1ccc(N)c(Cl)c1. The molecule has 0 saturated carbocycles. The molecule has 0 aliphatic rings. The summed E-state index contributed by atoms with van der Waals surface area (Å²) >= 11 is 5.69. The van der Waals surface area contributed by atoms with Crippen molar-refractivity contribution in [1.82, 2.24) is 0 Å². The fourth-order valence-corrected chi connectivity index (χ4v) is 1.02. The van der Waals surface area contributed by atoms with Crippen LogP contribution in [-0.2, 0) is 4.74 Å². The zero-order chi connectivity index (χ0) is 10.6. The molecule has 0 amide bonds. The van der Waals surface area contributed by atoms with Gasteiger partial charge in [-0.2, -0.15) is 5.26 Å². The highest BCUT2D eigenvalue weighted by Crippen LogP contribution is 2.19. The molecule has 0 fully saturated rings. The summed E-state index contributed by atoms with van der Waals surface area (Å²) in [6.07, 6.45) is 0. The Bertz CT molecular complexity index is 398. The maximum atomic E-state index is 11.2. The minimum atomic E-state index is -0.589. The van der Waals surface area contributed by atoms with E-state index in [0.29, 0.717) is 5.69 Å². The minimum absolute atomic E-state index is 0.277. The molecule has 0 unspecified atom stereocenters. The maximum Gasteiger partial charge on any atom is 0.339 e. The lowest BCUT2D eigenvalue weighted by molar-refractivity contribution is 0.0555. The summed E-state index contributed by atoms with van der Waals surface area (Å²) in [6.45, 7) is -0.277. The molecule has 72 valence electrons. The minimum Gasteiger partial charge on any atom is -0.447 e. The summed E-state index contributed by atoms with van der Waals surface area (Å²) in [5.74, 6) is -0.589. The van der Waals surface area contributed by atoms with Crippen molar-refractivity contribution in [2.75, 3.05) is 12.3 Å². The highest BCUT2D eigenvalue weighted by molar-refractivity contribution is 6.33. The first-order chi connectivity index (χ1) is 6.65. The average Bonchev–Trinajstić information content (AvgIpc) is 2.18. The fourth-order valence-electron chi connectivity index (χ4n) is 0.835. The van der Waals surface area contributed by atoms with E-state index in [-0.39, 0.29) is 17.2 Å². The molecule has 1 aromatic rings. The molecule has 0 heterocycles. The molecule has 0 spiro atoms. The third-order valence-electron chi connectivity index (χ3n) is 1.50. The van der Waals surface area contributed by atoms with Gasteiger partial charge in [0.25, 0.3) is 0 Å². The average molecular weight is 211 g/mol. The molecule has 1 aromatic carbocycles. The van der Waals surface area contributed by atoms with Gasteiger partial charge < -0.3 is 10.5 Å². The first kappa shape index (κ1) is 10.4. The number of carbonyl (C=O) groups is 1. The largest absolute Gasteiger partial charge is 0.447 e. The lowest BCUT2D eigenvalue weighted by Crippen LogP contribution is -2.05. The van der Waals surface area contributed by atoms with Gasteiger partial charge in [-0.15, -0.1) is 0 Å². The Morgan fingerprint density at radius 1 is 1.64 bits per heavy atom. The molecule has 4 nitrogen and oxygen atoms in total. The number of hydrogen-bond donors (Lipinski definition) is 1. The van der Waals surface area contributed by atoms with E-state index in [1.54, 1.807) is 6.07 Å². The van der Waals surface area contributed by atoms with Crippen molar-refractivity contribution in [2.24, 2.45) is 0 Å². The fraction of sp³-hybridized carbons (Fsp3) is 0.111. The number of nitrogens with zero attached hydrogens (tertiary/aromatic N) is 1. The summed E-state index contributed by atoms with van der Waals surface area (Å²) < 4.78 is 4.57. The number of rotatable bonds is 2. The van der Waals surface area contributed by atoms with Gasteiger partial charge >= 0.3 is 5.97 Å². The van der Waals surface area contributed by atoms with E-state index in [9.17, 15) is 4.79 Å². The van der Waals surface area contributed by atoms with Crippen LogP contribution >= 0.6 is 11.6 Å². The highest BCUT2D eigenvalue weighted by atomic mass is 35.5. The molecule has 0 aliphatic carbocycles. The predicted molar refractivity (Wildman–Crippen MR) is 51.8 cm³/mol. The third-order valence-corrected chi connectivity index (χ3v) is 1.83. The van der Waals surface area contributed by atoms with Crippen LogP contribution < -0.4 is 5.73 Å². The number of nitriles is 1. The number of halogens is 1. The van der Waals surface area contributed by atoms with Gasteiger partial charge in [0.15, 0.2) is 6.61 Å². The van der Waals surface area contributed by atoms with Crippen molar-refractivity contribution < 1.29 is 9.53 Å². The number of esters is 1. The highest BCUT2D eigenvalue weighted by Gasteiger charge is 2.08. The Morgan fingerprint density at radius 3 is 2.93 bits per heavy atom. The molecule has 2 N–H and O–H groups in total. The van der Waals surface area contributed by atoms with E-state index in [0.717, 1.165) is 0 Å². The van der Waals surface area contributed by atoms with Crippen LogP contribution in [0.1, 0.15) is 10.4 Å². The zero-order valence-corrected chi connectivity index (χ0v) is 7.91. The topological polar surface area (TPSA) is 76.1 Å². The first-order valence-corrected chi connectivity index (χ1v) is 4.12. The van der Waals surface area contributed by atoms with Gasteiger partial charge in [-0.25, -0.2) is 4.79 Å². The maximum absolute atomic E-state index is 11.2. The Morgan fingerprint density at radius 2 is 2.36 bits per heavy atom. The molecule has 1 rings (SSSR count). The molecule has 0 radical (unpaired) electrons. The molecular formula is C9H7ClN2O2. The molecular weight excluding hydrogens is 204 g/mol. The molecule has 0 atom stereocenters. The van der Waals surface area contributed by atoms with Gasteiger partial charge in [-0.1, -0.05) is 11.6 Å². The standard InChI is InChI=1S/C9H7ClN2O2/c10-7-5-6(1-2-8(7)12)9(13)14-4-3-11/h1-2,5H,4,12H2. The van der Waals surface area contributed by atoms with Crippen molar-refractivity contribution >= 4 is 23.3 Å². The quantitative estimate of drug-likeness (QED) is 0.594. The summed E-state index contributed by atoms with van der Waals surface area (Å²) in [5, 5.41) is 8.48. The molecule has 0 aliphatic heterocycles. The molecule has 14 heavy (non-hydrogen) atoms. The van der Waals surface area contributed by atoms with Crippen molar-refractivity contribution in [2.45, 2.75) is 0 Å². The van der Waals surface area contributed by atoms with Gasteiger partial charge in [0, 0.05) is 0 Å². The third kappa shape index (κ3) is 2.38. The summed E-state index contributed by atoms with van der Waals surface area (Å²) in [4.78, 5) is 11.2. The van der Waals surface area contributed by atoms with Gasteiger partial charge in [0.05, 0.1) is 16.3 Å². The van der Waals surface area contributed by atoms with Gasteiger partial charge in [0.2, 0.25) is 0 Å². The van der Waals surface area contributed by atoms with Crippen LogP contribution in [0.15, 0.2) is 18.2 Å². The van der Waals surface area contributed by atoms with E-state index < -0.39 is 5.97 Å². The Kier molecular flexibility index (Phi) is 3.32. The van der Waals surface area contributed by atoms with Crippen molar-refractivity contribution in [3.8, 4) is 6.07 Å². The van der Waals surface area contributed by atoms with Crippen molar-refractivity contribution in [1.29, 1.82) is 5.26 Å². The van der Waals surface area contributed by atoms with E-state index in [1.807, 2.05) is 0 Å². The predicted octanol–water partition coefficient (Wildman–Crippen LogP) is 1.60. The number of ether oxygens (including phenoxy) is 1. The molecule has 0 aromatic heterocycles. The Hall–Kier alpha value is -1.73. The Balaban J connectivity index is 2.82.